The summed E-state index contributed by atoms with van der Waals surface area (Å²) >= 11 is 0. The molecular formula is C9H17N3O. The lowest BCUT2D eigenvalue weighted by molar-refractivity contribution is 0.377. The van der Waals surface area contributed by atoms with Gasteiger partial charge in [0.25, 0.3) is 0 Å². The molecule has 0 atom stereocenters. The summed E-state index contributed by atoms with van der Waals surface area (Å²) in [7, 11) is 4.06. The van der Waals surface area contributed by atoms with Gasteiger partial charge in [0.1, 0.15) is 5.76 Å². The number of hydrogen-bond acceptors (Lipinski definition) is 4. The van der Waals surface area contributed by atoms with Crippen LogP contribution in [0.25, 0.3) is 0 Å². The fraction of sp³-hybridized carbons (Fsp3) is 0.667. The fourth-order valence-electron chi connectivity index (χ4n) is 1.04. The molecule has 0 bridgehead atoms. The lowest BCUT2D eigenvalue weighted by Crippen LogP contribution is -2.15. The molecular weight excluding hydrogens is 166 g/mol. The van der Waals surface area contributed by atoms with Gasteiger partial charge in [0.05, 0.1) is 6.20 Å². The molecule has 0 aliphatic heterocycles. The first-order valence-electron chi connectivity index (χ1n) is 4.50. The van der Waals surface area contributed by atoms with E-state index in [1.54, 1.807) is 6.20 Å². The number of aromatic nitrogens is 1. The summed E-state index contributed by atoms with van der Waals surface area (Å²) in [4.78, 5) is 6.26. The van der Waals surface area contributed by atoms with Gasteiger partial charge in [-0.1, -0.05) is 0 Å². The monoisotopic (exact) mass is 183 g/mol. The van der Waals surface area contributed by atoms with E-state index in [-0.39, 0.29) is 0 Å². The molecule has 4 heteroatoms. The van der Waals surface area contributed by atoms with Crippen LogP contribution in [0.5, 0.6) is 0 Å². The smallest absolute Gasteiger partial charge is 0.195 e. The van der Waals surface area contributed by atoms with Crippen LogP contribution >= 0.6 is 0 Å². The van der Waals surface area contributed by atoms with E-state index in [2.05, 4.69) is 9.88 Å². The highest BCUT2D eigenvalue weighted by atomic mass is 16.4. The van der Waals surface area contributed by atoms with E-state index in [9.17, 15) is 0 Å². The molecule has 0 aromatic carbocycles. The van der Waals surface area contributed by atoms with Crippen LogP contribution in [0.1, 0.15) is 11.7 Å². The molecule has 74 valence electrons. The van der Waals surface area contributed by atoms with Crippen molar-refractivity contribution in [2.45, 2.75) is 12.8 Å². The van der Waals surface area contributed by atoms with Gasteiger partial charge < -0.3 is 15.1 Å². The van der Waals surface area contributed by atoms with Crippen molar-refractivity contribution >= 4 is 0 Å². The van der Waals surface area contributed by atoms with Crippen molar-refractivity contribution in [1.29, 1.82) is 0 Å². The van der Waals surface area contributed by atoms with Crippen molar-refractivity contribution in [3.63, 3.8) is 0 Å². The van der Waals surface area contributed by atoms with E-state index in [0.717, 1.165) is 31.0 Å². The molecule has 0 saturated heterocycles. The summed E-state index contributed by atoms with van der Waals surface area (Å²) in [6, 6.07) is 0. The highest BCUT2D eigenvalue weighted by Gasteiger charge is 2.02. The summed E-state index contributed by atoms with van der Waals surface area (Å²) in [6.07, 6.45) is 3.39. The average Bonchev–Trinajstić information content (AvgIpc) is 2.50. The van der Waals surface area contributed by atoms with E-state index in [4.69, 9.17) is 10.2 Å². The number of oxazole rings is 1. The molecule has 4 nitrogen and oxygen atoms in total. The van der Waals surface area contributed by atoms with Crippen LogP contribution in [0, 0.1) is 0 Å². The third-order valence-electron chi connectivity index (χ3n) is 1.77. The minimum absolute atomic E-state index is 0.613. The predicted octanol–water partition coefficient (Wildman–Crippen LogP) is 0.280. The average molecular weight is 183 g/mol. The molecule has 13 heavy (non-hydrogen) atoms. The Morgan fingerprint density at radius 2 is 2.23 bits per heavy atom. The third-order valence-corrected chi connectivity index (χ3v) is 1.77. The topological polar surface area (TPSA) is 55.3 Å². The summed E-state index contributed by atoms with van der Waals surface area (Å²) in [5.74, 6) is 1.69. The second kappa shape index (κ2) is 4.99. The number of nitrogens with two attached hydrogens (primary N) is 1. The first kappa shape index (κ1) is 10.2. The zero-order valence-corrected chi connectivity index (χ0v) is 8.29. The zero-order chi connectivity index (χ0) is 9.68. The second-order valence-electron chi connectivity index (χ2n) is 3.31. The lowest BCUT2D eigenvalue weighted by Gasteiger charge is -2.05. The molecule has 0 spiro atoms. The molecule has 0 saturated carbocycles. The zero-order valence-electron chi connectivity index (χ0n) is 8.29. The van der Waals surface area contributed by atoms with E-state index in [1.807, 2.05) is 14.1 Å². The van der Waals surface area contributed by atoms with Crippen LogP contribution in [0.4, 0.5) is 0 Å². The lowest BCUT2D eigenvalue weighted by atomic mass is 10.4. The molecule has 0 unspecified atom stereocenters. The van der Waals surface area contributed by atoms with E-state index in [1.165, 1.54) is 0 Å². The maximum absolute atomic E-state index is 5.46. The molecule has 2 N–H and O–H groups in total. The maximum Gasteiger partial charge on any atom is 0.195 e. The Morgan fingerprint density at radius 1 is 1.46 bits per heavy atom. The molecule has 1 aromatic rings. The number of rotatable bonds is 5. The first-order valence-corrected chi connectivity index (χ1v) is 4.50. The molecule has 0 radical (unpaired) electrons. The van der Waals surface area contributed by atoms with E-state index < -0.39 is 0 Å². The number of hydrogen-bond donors (Lipinski definition) is 1. The van der Waals surface area contributed by atoms with Crippen molar-refractivity contribution in [3.8, 4) is 0 Å². The van der Waals surface area contributed by atoms with Crippen LogP contribution in [-0.4, -0.2) is 37.1 Å². The fourth-order valence-corrected chi connectivity index (χ4v) is 1.04. The summed E-state index contributed by atoms with van der Waals surface area (Å²) in [5, 5.41) is 0. The summed E-state index contributed by atoms with van der Waals surface area (Å²) in [6.45, 7) is 1.57. The molecule has 0 amide bonds. The molecule has 0 aliphatic carbocycles. The number of nitrogens with zero attached hydrogens (tertiary/aromatic N) is 2. The summed E-state index contributed by atoms with van der Waals surface area (Å²) < 4.78 is 5.46. The predicted molar refractivity (Wildman–Crippen MR) is 51.5 cm³/mol. The number of likely N-dealkylation sites (N-methyl/N-ethyl adjacent to an activating group) is 1. The second-order valence-corrected chi connectivity index (χ2v) is 3.31. The van der Waals surface area contributed by atoms with Crippen molar-refractivity contribution in [2.75, 3.05) is 27.2 Å². The van der Waals surface area contributed by atoms with Gasteiger partial charge in [-0.3, -0.25) is 0 Å². The van der Waals surface area contributed by atoms with Crippen molar-refractivity contribution in [1.82, 2.24) is 9.88 Å². The quantitative estimate of drug-likeness (QED) is 0.712. The van der Waals surface area contributed by atoms with Crippen molar-refractivity contribution in [3.05, 3.63) is 17.8 Å². The molecule has 0 fully saturated rings. The Balaban J connectivity index is 2.39. The highest BCUT2D eigenvalue weighted by molar-refractivity contribution is 4.94. The van der Waals surface area contributed by atoms with E-state index in [0.29, 0.717) is 6.54 Å². The van der Waals surface area contributed by atoms with Gasteiger partial charge in [0, 0.05) is 19.4 Å². The standard InChI is InChI=1S/C9H17N3O/c1-12(2)6-4-9-11-7-8(13-9)3-5-10/h7H,3-6,10H2,1-2H3. The van der Waals surface area contributed by atoms with Gasteiger partial charge >= 0.3 is 0 Å². The SMILES string of the molecule is CN(C)CCc1ncc(CCN)o1. The third kappa shape index (κ3) is 3.57. The Kier molecular flexibility index (Phi) is 3.92. The van der Waals surface area contributed by atoms with Crippen molar-refractivity contribution < 1.29 is 4.42 Å². The van der Waals surface area contributed by atoms with Crippen LogP contribution in [0.2, 0.25) is 0 Å². The maximum atomic E-state index is 5.46. The Bertz CT molecular complexity index is 245. The normalized spacial score (nSPS) is 11.1. The molecule has 0 aliphatic rings. The minimum atomic E-state index is 0.613. The van der Waals surface area contributed by atoms with Gasteiger partial charge in [-0.25, -0.2) is 4.98 Å². The molecule has 1 rings (SSSR count). The minimum Gasteiger partial charge on any atom is -0.446 e. The van der Waals surface area contributed by atoms with Crippen LogP contribution < -0.4 is 5.73 Å². The highest BCUT2D eigenvalue weighted by Crippen LogP contribution is 2.04. The first-order chi connectivity index (χ1) is 6.22. The van der Waals surface area contributed by atoms with Crippen molar-refractivity contribution in [2.24, 2.45) is 5.73 Å². The Hall–Kier alpha value is -0.870. The Labute approximate surface area is 78.7 Å². The van der Waals surface area contributed by atoms with Crippen LogP contribution in [-0.2, 0) is 12.8 Å². The van der Waals surface area contributed by atoms with E-state index >= 15 is 0 Å². The molecule has 1 aromatic heterocycles. The van der Waals surface area contributed by atoms with Gasteiger partial charge in [-0.15, -0.1) is 0 Å². The van der Waals surface area contributed by atoms with Gasteiger partial charge in [-0.05, 0) is 20.6 Å². The largest absolute Gasteiger partial charge is 0.446 e. The summed E-state index contributed by atoms with van der Waals surface area (Å²) in [5.41, 5.74) is 5.40. The van der Waals surface area contributed by atoms with Crippen LogP contribution in [0.3, 0.4) is 0 Å². The van der Waals surface area contributed by atoms with Crippen LogP contribution in [0.15, 0.2) is 10.6 Å². The van der Waals surface area contributed by atoms with Gasteiger partial charge in [-0.2, -0.15) is 0 Å². The Morgan fingerprint density at radius 3 is 2.85 bits per heavy atom. The van der Waals surface area contributed by atoms with Gasteiger partial charge in [0.2, 0.25) is 0 Å². The van der Waals surface area contributed by atoms with Gasteiger partial charge in [0.15, 0.2) is 5.89 Å². The molecule has 1 heterocycles.